The molecule has 8 aromatic rings. The Morgan fingerprint density at radius 1 is 0.341 bits per heavy atom. The molecular formula is C40H26N4. The lowest BCUT2D eigenvalue weighted by molar-refractivity contribution is 1.08. The minimum Gasteiger partial charge on any atom is -0.256 e. The summed E-state index contributed by atoms with van der Waals surface area (Å²) in [5, 5.41) is 3.37. The Morgan fingerprint density at radius 2 is 0.886 bits per heavy atom. The van der Waals surface area contributed by atoms with Crippen LogP contribution >= 0.6 is 0 Å². The summed E-state index contributed by atoms with van der Waals surface area (Å²) in [6.45, 7) is 0. The lowest BCUT2D eigenvalue weighted by atomic mass is 9.92. The predicted octanol–water partition coefficient (Wildman–Crippen LogP) is 9.91. The van der Waals surface area contributed by atoms with Gasteiger partial charge in [-0.3, -0.25) is 4.98 Å². The Balaban J connectivity index is 1.33. The van der Waals surface area contributed by atoms with Gasteiger partial charge in [0.1, 0.15) is 0 Å². The summed E-state index contributed by atoms with van der Waals surface area (Å²) in [6, 6.07) is 52.1. The van der Waals surface area contributed by atoms with Gasteiger partial charge in [-0.05, 0) is 45.2 Å². The van der Waals surface area contributed by atoms with Crippen LogP contribution < -0.4 is 0 Å². The van der Waals surface area contributed by atoms with Crippen molar-refractivity contribution >= 4 is 21.7 Å². The van der Waals surface area contributed by atoms with E-state index >= 15 is 0 Å². The smallest absolute Gasteiger partial charge is 0.165 e. The zero-order valence-corrected chi connectivity index (χ0v) is 23.8. The van der Waals surface area contributed by atoms with Gasteiger partial charge in [0.15, 0.2) is 17.5 Å². The molecule has 0 saturated carbocycles. The maximum Gasteiger partial charge on any atom is 0.165 e. The Bertz CT molecular complexity index is 2200. The Labute approximate surface area is 255 Å². The van der Waals surface area contributed by atoms with Crippen LogP contribution in [0.25, 0.3) is 78.1 Å². The number of pyridine rings is 1. The van der Waals surface area contributed by atoms with Crippen LogP contribution in [0, 0.1) is 0 Å². The molecule has 44 heavy (non-hydrogen) atoms. The molecule has 0 aliphatic heterocycles. The minimum atomic E-state index is 0.647. The van der Waals surface area contributed by atoms with Gasteiger partial charge < -0.3 is 0 Å². The van der Waals surface area contributed by atoms with Gasteiger partial charge in [0, 0.05) is 28.3 Å². The van der Waals surface area contributed by atoms with Crippen molar-refractivity contribution in [1.29, 1.82) is 0 Å². The fraction of sp³-hybridized carbons (Fsp3) is 0. The van der Waals surface area contributed by atoms with Crippen molar-refractivity contribution in [1.82, 2.24) is 19.9 Å². The quantitative estimate of drug-likeness (QED) is 0.209. The second-order valence-corrected chi connectivity index (χ2v) is 10.7. The number of nitrogens with zero attached hydrogens (tertiary/aromatic N) is 4. The van der Waals surface area contributed by atoms with E-state index in [1.165, 1.54) is 5.56 Å². The summed E-state index contributed by atoms with van der Waals surface area (Å²) in [7, 11) is 0. The molecule has 0 aliphatic carbocycles. The molecular weight excluding hydrogens is 536 g/mol. The third-order valence-corrected chi connectivity index (χ3v) is 8.01. The van der Waals surface area contributed by atoms with E-state index in [0.29, 0.717) is 17.5 Å². The van der Waals surface area contributed by atoms with Crippen LogP contribution in [0.15, 0.2) is 158 Å². The highest BCUT2D eigenvalue weighted by Gasteiger charge is 2.18. The van der Waals surface area contributed by atoms with Gasteiger partial charge in [-0.2, -0.15) is 0 Å². The number of hydrogen-bond acceptors (Lipinski definition) is 4. The van der Waals surface area contributed by atoms with E-state index in [9.17, 15) is 0 Å². The van der Waals surface area contributed by atoms with Crippen molar-refractivity contribution < 1.29 is 0 Å². The number of rotatable bonds is 5. The third-order valence-electron chi connectivity index (χ3n) is 8.01. The molecule has 0 saturated heterocycles. The highest BCUT2D eigenvalue weighted by atomic mass is 15.0. The van der Waals surface area contributed by atoms with E-state index in [1.54, 1.807) is 0 Å². The normalized spacial score (nSPS) is 11.2. The topological polar surface area (TPSA) is 51.6 Å². The van der Waals surface area contributed by atoms with Gasteiger partial charge in [0.05, 0.1) is 5.52 Å². The molecule has 206 valence electrons. The fourth-order valence-corrected chi connectivity index (χ4v) is 5.85. The Hall–Kier alpha value is -6.00. The number of hydrogen-bond donors (Lipinski definition) is 0. The van der Waals surface area contributed by atoms with Crippen LogP contribution in [0.1, 0.15) is 0 Å². The van der Waals surface area contributed by atoms with Gasteiger partial charge in [-0.15, -0.1) is 0 Å². The highest BCUT2D eigenvalue weighted by Crippen LogP contribution is 2.39. The van der Waals surface area contributed by atoms with Crippen molar-refractivity contribution in [2.75, 3.05) is 0 Å². The molecule has 0 N–H and O–H groups in total. The molecule has 0 bridgehead atoms. The molecule has 4 heteroatoms. The summed E-state index contributed by atoms with van der Waals surface area (Å²) >= 11 is 0. The molecule has 0 atom stereocenters. The van der Waals surface area contributed by atoms with Crippen LogP contribution in [-0.4, -0.2) is 19.9 Å². The number of benzene rings is 6. The van der Waals surface area contributed by atoms with E-state index in [-0.39, 0.29) is 0 Å². The van der Waals surface area contributed by atoms with Crippen molar-refractivity contribution in [3.05, 3.63) is 158 Å². The summed E-state index contributed by atoms with van der Waals surface area (Å²) < 4.78 is 0. The van der Waals surface area contributed by atoms with Gasteiger partial charge in [0.25, 0.3) is 0 Å². The summed E-state index contributed by atoms with van der Waals surface area (Å²) in [4.78, 5) is 19.7. The molecule has 0 spiro atoms. The SMILES string of the molecule is c1ccc(-c2nc(-c3ccccc3)nc(-c3c(-c4ccc(-c5ccnc6ccccc56)cc4)ccc4ccccc34)n2)cc1. The second-order valence-electron chi connectivity index (χ2n) is 10.7. The summed E-state index contributed by atoms with van der Waals surface area (Å²) in [6.07, 6.45) is 1.88. The van der Waals surface area contributed by atoms with Crippen LogP contribution in [0.2, 0.25) is 0 Å². The van der Waals surface area contributed by atoms with E-state index in [4.69, 9.17) is 15.0 Å². The molecule has 0 radical (unpaired) electrons. The zero-order valence-electron chi connectivity index (χ0n) is 23.8. The summed E-state index contributed by atoms with van der Waals surface area (Å²) in [5.41, 5.74) is 8.35. The molecule has 0 aliphatic rings. The standard InChI is InChI=1S/C40H26N4/c1-3-12-30(13-4-1)38-42-39(31-14-5-2-6-15-31)44-40(43-38)37-33-16-8-7-11-27(33)23-24-34(37)29-21-19-28(20-22-29)32-25-26-41-36-18-10-9-17-35(32)36/h1-26H. The monoisotopic (exact) mass is 562 g/mol. The molecule has 0 amide bonds. The average molecular weight is 563 g/mol. The first kappa shape index (κ1) is 25.7. The van der Waals surface area contributed by atoms with E-state index in [2.05, 4.69) is 89.9 Å². The first-order chi connectivity index (χ1) is 21.8. The van der Waals surface area contributed by atoms with Crippen molar-refractivity contribution in [2.45, 2.75) is 0 Å². The van der Waals surface area contributed by atoms with E-state index in [1.807, 2.05) is 72.9 Å². The van der Waals surface area contributed by atoms with Crippen LogP contribution in [0.3, 0.4) is 0 Å². The minimum absolute atomic E-state index is 0.647. The lowest BCUT2D eigenvalue weighted by Gasteiger charge is -2.15. The third kappa shape index (κ3) is 4.69. The molecule has 6 aromatic carbocycles. The maximum absolute atomic E-state index is 5.11. The molecule has 2 heterocycles. The molecule has 0 unspecified atom stereocenters. The second kappa shape index (κ2) is 11.0. The number of fused-ring (bicyclic) bond motifs is 2. The zero-order chi connectivity index (χ0) is 29.3. The maximum atomic E-state index is 5.11. The number of aromatic nitrogens is 4. The first-order valence-corrected chi connectivity index (χ1v) is 14.7. The van der Waals surface area contributed by atoms with Crippen LogP contribution in [0.5, 0.6) is 0 Å². The lowest BCUT2D eigenvalue weighted by Crippen LogP contribution is -2.01. The van der Waals surface area contributed by atoms with Crippen molar-refractivity contribution in [3.8, 4) is 56.4 Å². The Morgan fingerprint density at radius 3 is 1.57 bits per heavy atom. The van der Waals surface area contributed by atoms with Gasteiger partial charge in [-0.1, -0.05) is 140 Å². The molecule has 8 rings (SSSR count). The van der Waals surface area contributed by atoms with E-state index in [0.717, 1.165) is 55.1 Å². The molecule has 2 aromatic heterocycles. The average Bonchev–Trinajstić information content (AvgIpc) is 3.11. The van der Waals surface area contributed by atoms with Crippen LogP contribution in [-0.2, 0) is 0 Å². The Kier molecular flexibility index (Phi) is 6.43. The van der Waals surface area contributed by atoms with Crippen molar-refractivity contribution in [2.24, 2.45) is 0 Å². The fourth-order valence-electron chi connectivity index (χ4n) is 5.85. The number of para-hydroxylation sites is 1. The molecule has 0 fully saturated rings. The van der Waals surface area contributed by atoms with Gasteiger partial charge in [-0.25, -0.2) is 15.0 Å². The van der Waals surface area contributed by atoms with Crippen molar-refractivity contribution in [3.63, 3.8) is 0 Å². The largest absolute Gasteiger partial charge is 0.256 e. The van der Waals surface area contributed by atoms with E-state index < -0.39 is 0 Å². The first-order valence-electron chi connectivity index (χ1n) is 14.7. The predicted molar refractivity (Wildman–Crippen MR) is 180 cm³/mol. The van der Waals surface area contributed by atoms with Gasteiger partial charge >= 0.3 is 0 Å². The van der Waals surface area contributed by atoms with Crippen LogP contribution in [0.4, 0.5) is 0 Å². The molecule has 4 nitrogen and oxygen atoms in total. The van der Waals surface area contributed by atoms with Gasteiger partial charge in [0.2, 0.25) is 0 Å². The highest BCUT2D eigenvalue weighted by molar-refractivity contribution is 6.03. The summed E-state index contributed by atoms with van der Waals surface area (Å²) in [5.74, 6) is 1.94.